The van der Waals surface area contributed by atoms with Gasteiger partial charge in [0.2, 0.25) is 0 Å². The minimum Gasteiger partial charge on any atom is -0.397 e. The van der Waals surface area contributed by atoms with E-state index in [9.17, 15) is 0 Å². The number of benzene rings is 2. The Morgan fingerprint density at radius 2 is 0.897 bits per heavy atom. The molecular formula is C18H16FeN10+2. The molecule has 11 heteroatoms. The fourth-order valence-corrected chi connectivity index (χ4v) is 2.26. The van der Waals surface area contributed by atoms with Crippen molar-refractivity contribution in [1.82, 2.24) is 9.97 Å². The van der Waals surface area contributed by atoms with E-state index in [0.717, 1.165) is 33.2 Å². The summed E-state index contributed by atoms with van der Waals surface area (Å²) in [6.45, 7) is 0. The van der Waals surface area contributed by atoms with E-state index in [1.165, 1.54) is 9.82 Å². The summed E-state index contributed by atoms with van der Waals surface area (Å²) < 4.78 is 0. The minimum atomic E-state index is 0. The predicted octanol–water partition coefficient (Wildman–Crippen LogP) is 5.36. The van der Waals surface area contributed by atoms with E-state index in [1.54, 1.807) is 12.4 Å². The van der Waals surface area contributed by atoms with E-state index >= 15 is 0 Å². The van der Waals surface area contributed by atoms with Crippen LogP contribution in [0, 0.1) is 0 Å². The molecule has 0 aliphatic carbocycles. The van der Waals surface area contributed by atoms with E-state index in [2.05, 4.69) is 9.97 Å². The normalized spacial score (nSPS) is 8.28. The Morgan fingerprint density at radius 3 is 1.21 bits per heavy atom. The van der Waals surface area contributed by atoms with Crippen LogP contribution in [0.4, 0.5) is 11.4 Å². The van der Waals surface area contributed by atoms with Gasteiger partial charge in [0.25, 0.3) is 0 Å². The number of hydrogen-bond acceptors (Lipinski definition) is 4. The number of anilines is 2. The van der Waals surface area contributed by atoms with E-state index < -0.39 is 0 Å². The largest absolute Gasteiger partial charge is 4.00 e. The maximum atomic E-state index is 6.75. The average molecular weight is 428 g/mol. The fraction of sp³-hybridized carbons (Fsp3) is 0. The number of pyridine rings is 2. The molecule has 0 aliphatic heterocycles. The third-order valence-corrected chi connectivity index (χ3v) is 3.33. The Morgan fingerprint density at radius 1 is 0.586 bits per heavy atom. The van der Waals surface area contributed by atoms with Gasteiger partial charge in [-0.15, -0.1) is 0 Å². The summed E-state index contributed by atoms with van der Waals surface area (Å²) in [5.74, 6) is 0. The van der Waals surface area contributed by atoms with Gasteiger partial charge in [-0.25, -0.2) is 0 Å². The van der Waals surface area contributed by atoms with Gasteiger partial charge >= 0.3 is 17.1 Å². The predicted molar refractivity (Wildman–Crippen MR) is 112 cm³/mol. The molecule has 4 rings (SSSR count). The number of fused-ring (bicyclic) bond motifs is 2. The number of aromatic nitrogens is 2. The van der Waals surface area contributed by atoms with Gasteiger partial charge in [0.05, 0.1) is 22.4 Å². The second-order valence-electron chi connectivity index (χ2n) is 5.02. The van der Waals surface area contributed by atoms with Crippen molar-refractivity contribution < 1.29 is 17.1 Å². The summed E-state index contributed by atoms with van der Waals surface area (Å²) >= 11 is 0. The third kappa shape index (κ3) is 8.04. The second kappa shape index (κ2) is 14.1. The zero-order valence-electron chi connectivity index (χ0n) is 15.0. The van der Waals surface area contributed by atoms with Crippen molar-refractivity contribution in [3.05, 3.63) is 105 Å². The number of nitrogen functional groups attached to an aromatic ring is 2. The van der Waals surface area contributed by atoms with Crippen LogP contribution < -0.4 is 11.5 Å². The van der Waals surface area contributed by atoms with Crippen molar-refractivity contribution in [2.24, 2.45) is 0 Å². The van der Waals surface area contributed by atoms with Gasteiger partial charge < -0.3 is 33.6 Å². The molecule has 0 radical (unpaired) electrons. The van der Waals surface area contributed by atoms with Crippen LogP contribution in [0.3, 0.4) is 0 Å². The zero-order chi connectivity index (χ0) is 20.8. The van der Waals surface area contributed by atoms with E-state index in [-0.39, 0.29) is 17.1 Å². The monoisotopic (exact) mass is 428 g/mol. The smallest absolute Gasteiger partial charge is 0.397 e. The van der Waals surface area contributed by atoms with E-state index in [4.69, 9.17) is 33.6 Å². The molecule has 10 nitrogen and oxygen atoms in total. The molecule has 0 bridgehead atoms. The van der Waals surface area contributed by atoms with Crippen molar-refractivity contribution in [2.45, 2.75) is 0 Å². The number of para-hydroxylation sites is 2. The SMILES string of the molecule is Nc1cccc2cccnc12.Nc1cccc2cccnc12.[Fe+4].[N-]=[N+]=[N-].[N-]=[N+]=[N-]. The molecule has 0 amide bonds. The van der Waals surface area contributed by atoms with Crippen molar-refractivity contribution in [1.29, 1.82) is 0 Å². The summed E-state index contributed by atoms with van der Waals surface area (Å²) in [5.41, 5.74) is 41.6. The molecule has 0 unspecified atom stereocenters. The molecule has 0 atom stereocenters. The molecule has 144 valence electrons. The van der Waals surface area contributed by atoms with Gasteiger partial charge in [-0.3, -0.25) is 19.8 Å². The summed E-state index contributed by atoms with van der Waals surface area (Å²) in [6.07, 6.45) is 3.50. The summed E-state index contributed by atoms with van der Waals surface area (Å²) in [7, 11) is 0. The molecule has 4 N–H and O–H groups in total. The van der Waals surface area contributed by atoms with Crippen molar-refractivity contribution in [3.8, 4) is 0 Å². The van der Waals surface area contributed by atoms with Gasteiger partial charge in [-0.2, -0.15) is 0 Å². The third-order valence-electron chi connectivity index (χ3n) is 3.33. The standard InChI is InChI=1S/2C9H8N2.Fe.2N3/c2*10-8-5-1-3-7-4-2-6-11-9(7)8;;2*1-3-2/h2*1-6H,10H2;;;/q;;+4;2*-1. The van der Waals surface area contributed by atoms with Crippen molar-refractivity contribution in [2.75, 3.05) is 11.5 Å². The Bertz CT molecular complexity index is 1000. The Kier molecular flexibility index (Phi) is 12.2. The van der Waals surface area contributed by atoms with Crippen LogP contribution in [-0.4, -0.2) is 9.97 Å². The van der Waals surface area contributed by atoms with Crippen LogP contribution in [0.5, 0.6) is 0 Å². The molecule has 0 aliphatic rings. The minimum absolute atomic E-state index is 0. The number of nitrogens with two attached hydrogens (primary N) is 2. The van der Waals surface area contributed by atoms with E-state index in [0.29, 0.717) is 0 Å². The van der Waals surface area contributed by atoms with Crippen LogP contribution in [0.2, 0.25) is 0 Å². The molecule has 2 heterocycles. The van der Waals surface area contributed by atoms with Crippen LogP contribution in [0.1, 0.15) is 0 Å². The van der Waals surface area contributed by atoms with Crippen LogP contribution in [0.25, 0.3) is 53.8 Å². The van der Waals surface area contributed by atoms with Crippen molar-refractivity contribution in [3.63, 3.8) is 0 Å². The topological polar surface area (TPSA) is 195 Å². The molecule has 0 saturated carbocycles. The maximum Gasteiger partial charge on any atom is 4.00 e. The Labute approximate surface area is 176 Å². The van der Waals surface area contributed by atoms with E-state index in [1.807, 2.05) is 60.7 Å². The zero-order valence-corrected chi connectivity index (χ0v) is 16.1. The van der Waals surface area contributed by atoms with Gasteiger partial charge in [-0.05, 0) is 24.3 Å². The first kappa shape index (κ1) is 25.0. The molecular weight excluding hydrogens is 412 g/mol. The van der Waals surface area contributed by atoms with Gasteiger partial charge in [0.15, 0.2) is 0 Å². The van der Waals surface area contributed by atoms with Gasteiger partial charge in [-0.1, -0.05) is 36.4 Å². The molecule has 0 fully saturated rings. The molecule has 0 spiro atoms. The summed E-state index contributed by atoms with van der Waals surface area (Å²) in [6, 6.07) is 19.4. The molecule has 2 aromatic carbocycles. The maximum absolute atomic E-state index is 6.75. The average Bonchev–Trinajstić information content (AvgIpc) is 2.71. The van der Waals surface area contributed by atoms with Crippen LogP contribution in [-0.2, 0) is 17.1 Å². The first-order chi connectivity index (χ1) is 13.6. The van der Waals surface area contributed by atoms with Gasteiger partial charge in [0.1, 0.15) is 0 Å². The second-order valence-corrected chi connectivity index (χ2v) is 5.02. The summed E-state index contributed by atoms with van der Waals surface area (Å²) in [5, 5.41) is 2.18. The molecule has 29 heavy (non-hydrogen) atoms. The van der Waals surface area contributed by atoms with Gasteiger partial charge in [0, 0.05) is 23.2 Å². The molecule has 0 saturated heterocycles. The van der Waals surface area contributed by atoms with Crippen LogP contribution in [0.15, 0.2) is 73.1 Å². The first-order valence-corrected chi connectivity index (χ1v) is 7.74. The number of hydrogen-bond donors (Lipinski definition) is 2. The van der Waals surface area contributed by atoms with Crippen molar-refractivity contribution >= 4 is 33.2 Å². The fourth-order valence-electron chi connectivity index (χ4n) is 2.26. The van der Waals surface area contributed by atoms with Crippen LogP contribution >= 0.6 is 0 Å². The molecule has 2 aromatic heterocycles. The summed E-state index contributed by atoms with van der Waals surface area (Å²) in [4.78, 5) is 11.3. The molecule has 4 aromatic rings. The number of nitrogens with zero attached hydrogens (tertiary/aromatic N) is 8. The Hall–Kier alpha value is -4.00. The number of rotatable bonds is 0. The quantitative estimate of drug-likeness (QED) is 0.125. The first-order valence-electron chi connectivity index (χ1n) is 7.74. The Balaban J connectivity index is 0.000000416.